The van der Waals surface area contributed by atoms with E-state index in [2.05, 4.69) is 0 Å². The van der Waals surface area contributed by atoms with Gasteiger partial charge in [-0.05, 0) is 24.2 Å². The van der Waals surface area contributed by atoms with Crippen LogP contribution in [-0.4, -0.2) is 31.9 Å². The van der Waals surface area contributed by atoms with Crippen molar-refractivity contribution in [2.45, 2.75) is 39.0 Å². The molecule has 0 aromatic carbocycles. The molecule has 1 atom stereocenters. The van der Waals surface area contributed by atoms with E-state index in [4.69, 9.17) is 9.79 Å². The van der Waals surface area contributed by atoms with Gasteiger partial charge in [-0.3, -0.25) is 9.13 Å². The quantitative estimate of drug-likeness (QED) is 0.577. The van der Waals surface area contributed by atoms with Crippen LogP contribution < -0.4 is 0 Å². The predicted octanol–water partition coefficient (Wildman–Crippen LogP) is 1.93. The lowest BCUT2D eigenvalue weighted by molar-refractivity contribution is 0.135. The monoisotopic (exact) mass is 300 g/mol. The first-order valence-corrected chi connectivity index (χ1v) is 9.73. The lowest BCUT2D eigenvalue weighted by Gasteiger charge is -2.42. The molecule has 108 valence electrons. The first kappa shape index (κ1) is 16.4. The van der Waals surface area contributed by atoms with Crippen LogP contribution in [0.3, 0.4) is 0 Å². The van der Waals surface area contributed by atoms with E-state index in [1.165, 1.54) is 0 Å². The summed E-state index contributed by atoms with van der Waals surface area (Å²) in [5.74, 6) is -0.383. The molecule has 0 saturated heterocycles. The smallest absolute Gasteiger partial charge is 0.324 e. The van der Waals surface area contributed by atoms with Crippen molar-refractivity contribution in [2.24, 2.45) is 11.3 Å². The predicted molar refractivity (Wildman–Crippen MR) is 68.5 cm³/mol. The molecule has 8 heteroatoms. The molecular formula is C10H22O6P2. The van der Waals surface area contributed by atoms with Crippen LogP contribution in [0.25, 0.3) is 0 Å². The van der Waals surface area contributed by atoms with Crippen molar-refractivity contribution in [2.75, 3.05) is 12.3 Å². The number of rotatable bonds is 5. The summed E-state index contributed by atoms with van der Waals surface area (Å²) in [6.45, 7) is 1.69. The van der Waals surface area contributed by atoms with Gasteiger partial charge in [0.1, 0.15) is 0 Å². The van der Waals surface area contributed by atoms with E-state index in [0.717, 1.165) is 19.3 Å². The van der Waals surface area contributed by atoms with Gasteiger partial charge >= 0.3 is 15.2 Å². The van der Waals surface area contributed by atoms with Crippen molar-refractivity contribution in [1.82, 2.24) is 0 Å². The molecular weight excluding hydrogens is 278 g/mol. The van der Waals surface area contributed by atoms with E-state index >= 15 is 0 Å². The maximum atomic E-state index is 11.3. The Kier molecular flexibility index (Phi) is 5.21. The van der Waals surface area contributed by atoms with Crippen LogP contribution in [0.15, 0.2) is 0 Å². The van der Waals surface area contributed by atoms with Gasteiger partial charge in [-0.1, -0.05) is 26.2 Å². The molecule has 0 aliphatic heterocycles. The minimum Gasteiger partial charge on any atom is -0.324 e. The summed E-state index contributed by atoms with van der Waals surface area (Å²) >= 11 is 0. The normalized spacial score (nSPS) is 22.7. The molecule has 0 amide bonds. The van der Waals surface area contributed by atoms with Crippen LogP contribution in [0, 0.1) is 11.3 Å². The number of hydrogen-bond acceptors (Lipinski definition) is 2. The van der Waals surface area contributed by atoms with E-state index in [0.29, 0.717) is 12.8 Å². The van der Waals surface area contributed by atoms with E-state index < -0.39 is 20.6 Å². The van der Waals surface area contributed by atoms with Gasteiger partial charge in [-0.25, -0.2) is 0 Å². The third-order valence-electron chi connectivity index (χ3n) is 3.93. The summed E-state index contributed by atoms with van der Waals surface area (Å²) in [6.07, 6.45) is 3.47. The van der Waals surface area contributed by atoms with E-state index in [9.17, 15) is 18.9 Å². The fourth-order valence-corrected chi connectivity index (χ4v) is 5.57. The molecule has 18 heavy (non-hydrogen) atoms. The Morgan fingerprint density at radius 3 is 1.89 bits per heavy atom. The highest BCUT2D eigenvalue weighted by Gasteiger charge is 2.43. The summed E-state index contributed by atoms with van der Waals surface area (Å²) in [4.78, 5) is 36.5. The first-order valence-electron chi connectivity index (χ1n) is 6.13. The van der Waals surface area contributed by atoms with Crippen molar-refractivity contribution in [3.8, 4) is 0 Å². The Balaban J connectivity index is 2.89. The molecule has 0 bridgehead atoms. The maximum absolute atomic E-state index is 11.3. The highest BCUT2D eigenvalue weighted by molar-refractivity contribution is 7.52. The van der Waals surface area contributed by atoms with Crippen molar-refractivity contribution in [3.05, 3.63) is 0 Å². The molecule has 1 rings (SSSR count). The second-order valence-corrected chi connectivity index (χ2v) is 8.83. The van der Waals surface area contributed by atoms with Crippen LogP contribution >= 0.6 is 15.2 Å². The van der Waals surface area contributed by atoms with Gasteiger partial charge in [0.05, 0.1) is 12.3 Å². The first-order chi connectivity index (χ1) is 8.04. The van der Waals surface area contributed by atoms with Crippen LogP contribution in [-0.2, 0) is 9.13 Å². The minimum absolute atomic E-state index is 0.263. The van der Waals surface area contributed by atoms with Crippen molar-refractivity contribution < 1.29 is 28.7 Å². The van der Waals surface area contributed by atoms with Gasteiger partial charge in [0.15, 0.2) is 0 Å². The van der Waals surface area contributed by atoms with E-state index in [1.54, 1.807) is 6.92 Å². The van der Waals surface area contributed by atoms with Crippen LogP contribution in [0.4, 0.5) is 0 Å². The second-order valence-electron chi connectivity index (χ2n) is 5.49. The van der Waals surface area contributed by atoms with Gasteiger partial charge in [-0.15, -0.1) is 0 Å². The third-order valence-corrected chi connectivity index (χ3v) is 5.99. The molecule has 1 fully saturated rings. The van der Waals surface area contributed by atoms with E-state index in [-0.39, 0.29) is 18.2 Å². The average molecular weight is 300 g/mol. The Bertz CT molecular complexity index is 365. The zero-order valence-electron chi connectivity index (χ0n) is 10.5. The average Bonchev–Trinajstić information content (AvgIpc) is 2.13. The summed E-state index contributed by atoms with van der Waals surface area (Å²) in [7, 11) is -8.32. The Labute approximate surface area is 107 Å². The summed E-state index contributed by atoms with van der Waals surface area (Å²) in [5, 5.41) is 0. The van der Waals surface area contributed by atoms with Gasteiger partial charge in [0, 0.05) is 0 Å². The van der Waals surface area contributed by atoms with Crippen molar-refractivity contribution in [1.29, 1.82) is 0 Å². The van der Waals surface area contributed by atoms with E-state index in [1.807, 2.05) is 0 Å². The molecule has 0 aromatic rings. The zero-order valence-corrected chi connectivity index (χ0v) is 12.3. The Hall–Kier alpha value is 0.300. The summed E-state index contributed by atoms with van der Waals surface area (Å²) < 4.78 is 22.4. The molecule has 4 N–H and O–H groups in total. The molecule has 0 radical (unpaired) electrons. The Morgan fingerprint density at radius 2 is 1.50 bits per heavy atom. The molecule has 0 heterocycles. The second kappa shape index (κ2) is 5.74. The van der Waals surface area contributed by atoms with Gasteiger partial charge in [-0.2, -0.15) is 0 Å². The minimum atomic E-state index is -4.17. The Morgan fingerprint density at radius 1 is 1.00 bits per heavy atom. The van der Waals surface area contributed by atoms with Crippen LogP contribution in [0.1, 0.15) is 39.0 Å². The van der Waals surface area contributed by atoms with Gasteiger partial charge < -0.3 is 19.6 Å². The molecule has 0 aromatic heterocycles. The standard InChI is InChI=1S/C10H22O6P2/c1-9(7-17(11,12)13)10(8-18(14,15)16)5-3-2-4-6-10/h9H,2-8H2,1H3,(H2,11,12,13)(H2,14,15,16). The summed E-state index contributed by atoms with van der Waals surface area (Å²) in [5.41, 5.74) is -0.627. The van der Waals surface area contributed by atoms with Gasteiger partial charge in [0.2, 0.25) is 0 Å². The third kappa shape index (κ3) is 5.12. The topological polar surface area (TPSA) is 115 Å². The van der Waals surface area contributed by atoms with Crippen LogP contribution in [0.2, 0.25) is 0 Å². The highest BCUT2D eigenvalue weighted by Crippen LogP contribution is 2.55. The fourth-order valence-electron chi connectivity index (χ4n) is 3.02. The van der Waals surface area contributed by atoms with Crippen LogP contribution in [0.5, 0.6) is 0 Å². The van der Waals surface area contributed by atoms with Crippen molar-refractivity contribution >= 4 is 15.2 Å². The largest absolute Gasteiger partial charge is 0.326 e. The SMILES string of the molecule is CC(CP(=O)(O)O)C1(CP(=O)(O)O)CCCCC1. The molecule has 1 aliphatic carbocycles. The molecule has 0 spiro atoms. The zero-order chi connectivity index (χ0) is 14.0. The molecule has 1 unspecified atom stereocenters. The van der Waals surface area contributed by atoms with Gasteiger partial charge in [0.25, 0.3) is 0 Å². The van der Waals surface area contributed by atoms with Crippen molar-refractivity contribution in [3.63, 3.8) is 0 Å². The molecule has 1 saturated carbocycles. The summed E-state index contributed by atoms with van der Waals surface area (Å²) in [6, 6.07) is 0. The lowest BCUT2D eigenvalue weighted by atomic mass is 9.68. The maximum Gasteiger partial charge on any atom is 0.326 e. The molecule has 6 nitrogen and oxygen atoms in total. The number of hydrogen-bond donors (Lipinski definition) is 4. The molecule has 1 aliphatic rings. The highest BCUT2D eigenvalue weighted by atomic mass is 31.2. The fraction of sp³-hybridized carbons (Fsp3) is 1.00. The lowest BCUT2D eigenvalue weighted by Crippen LogP contribution is -2.36.